The van der Waals surface area contributed by atoms with Gasteiger partial charge in [0.15, 0.2) is 0 Å². The molecule has 0 fully saturated rings. The van der Waals surface area contributed by atoms with Gasteiger partial charge in [-0.1, -0.05) is 182 Å². The van der Waals surface area contributed by atoms with Gasteiger partial charge in [-0.25, -0.2) is 0 Å². The van der Waals surface area contributed by atoms with Crippen LogP contribution in [0.15, 0.2) is 267 Å². The maximum Gasteiger partial charge on any atom is 0.0467 e. The Morgan fingerprint density at radius 2 is 0.371 bits per heavy atom. The van der Waals surface area contributed by atoms with Gasteiger partial charge in [-0.3, -0.25) is 0 Å². The first-order chi connectivity index (χ1) is 30.7. The monoisotopic (exact) mass is 792 g/mol. The van der Waals surface area contributed by atoms with Crippen molar-refractivity contribution < 1.29 is 0 Å². The first-order valence-corrected chi connectivity index (χ1v) is 21.2. The van der Waals surface area contributed by atoms with E-state index in [1.165, 1.54) is 44.5 Å². The summed E-state index contributed by atoms with van der Waals surface area (Å²) in [4.78, 5) is 4.66. The molecule has 0 unspecified atom stereocenters. The smallest absolute Gasteiger partial charge is 0.0467 e. The lowest BCUT2D eigenvalue weighted by molar-refractivity contribution is 1.28. The number of benzene rings is 10. The van der Waals surface area contributed by atoms with Gasteiger partial charge in [-0.2, -0.15) is 0 Å². The average molecular weight is 793 g/mol. The maximum absolute atomic E-state index is 2.33. The van der Waals surface area contributed by atoms with Gasteiger partial charge in [-0.15, -0.1) is 0 Å². The van der Waals surface area contributed by atoms with Gasteiger partial charge < -0.3 is 9.80 Å². The first kappa shape index (κ1) is 38.0. The van der Waals surface area contributed by atoms with Crippen LogP contribution in [0.4, 0.5) is 34.1 Å². The van der Waals surface area contributed by atoms with Crippen LogP contribution in [0.5, 0.6) is 0 Å². The Bertz CT molecular complexity index is 2820. The highest BCUT2D eigenvalue weighted by Gasteiger charge is 2.16. The molecule has 0 spiro atoms. The molecule has 294 valence electrons. The van der Waals surface area contributed by atoms with E-state index in [0.717, 1.165) is 45.3 Å². The Labute approximate surface area is 364 Å². The molecule has 10 rings (SSSR count). The lowest BCUT2D eigenvalue weighted by atomic mass is 9.95. The Morgan fingerprint density at radius 1 is 0.145 bits per heavy atom. The highest BCUT2D eigenvalue weighted by atomic mass is 15.1. The van der Waals surface area contributed by atoms with Crippen LogP contribution in [0.3, 0.4) is 0 Å². The van der Waals surface area contributed by atoms with Gasteiger partial charge in [0.25, 0.3) is 0 Å². The molecule has 2 nitrogen and oxygen atoms in total. The molecule has 0 bridgehead atoms. The van der Waals surface area contributed by atoms with Crippen LogP contribution in [0.25, 0.3) is 55.6 Å². The lowest BCUT2D eigenvalue weighted by Gasteiger charge is -2.26. The molecule has 62 heavy (non-hydrogen) atoms. The van der Waals surface area contributed by atoms with Crippen LogP contribution in [0, 0.1) is 0 Å². The standard InChI is InChI=1S/C60H44N2/c1-5-17-45(18-6-1)47-33-37-57(38-34-47)61(55-27-9-3-10-28-55)59-31-15-25-53(43-59)51-23-13-21-49(41-51)50-22-14-24-52(42-50)54-26-16-32-60(44-54)62(56-29-11-4-12-30-56)58-39-35-48(36-40-58)46-19-7-2-8-20-46/h1-44H. The Hall–Kier alpha value is -8.20. The summed E-state index contributed by atoms with van der Waals surface area (Å²) in [6.07, 6.45) is 0. The van der Waals surface area contributed by atoms with E-state index >= 15 is 0 Å². The topological polar surface area (TPSA) is 6.48 Å². The van der Waals surface area contributed by atoms with Crippen molar-refractivity contribution >= 4 is 34.1 Å². The van der Waals surface area contributed by atoms with E-state index in [-0.39, 0.29) is 0 Å². The fourth-order valence-electron chi connectivity index (χ4n) is 8.32. The van der Waals surface area contributed by atoms with Crippen molar-refractivity contribution in [2.45, 2.75) is 0 Å². The van der Waals surface area contributed by atoms with E-state index in [0.29, 0.717) is 0 Å². The minimum atomic E-state index is 1.10. The maximum atomic E-state index is 2.33. The third-order valence-electron chi connectivity index (χ3n) is 11.4. The number of hydrogen-bond donors (Lipinski definition) is 0. The summed E-state index contributed by atoms with van der Waals surface area (Å²) in [6, 6.07) is 95.5. The summed E-state index contributed by atoms with van der Waals surface area (Å²) < 4.78 is 0. The van der Waals surface area contributed by atoms with Crippen LogP contribution in [0.1, 0.15) is 0 Å². The van der Waals surface area contributed by atoms with E-state index in [9.17, 15) is 0 Å². The molecule has 10 aromatic rings. The summed E-state index contributed by atoms with van der Waals surface area (Å²) in [5.41, 5.74) is 18.5. The molecule has 0 saturated heterocycles. The van der Waals surface area contributed by atoms with Gasteiger partial charge in [0.05, 0.1) is 0 Å². The number of hydrogen-bond acceptors (Lipinski definition) is 2. The summed E-state index contributed by atoms with van der Waals surface area (Å²) in [5, 5.41) is 0. The van der Waals surface area contributed by atoms with Crippen molar-refractivity contribution in [3.63, 3.8) is 0 Å². The minimum Gasteiger partial charge on any atom is -0.310 e. The van der Waals surface area contributed by atoms with Gasteiger partial charge in [0.1, 0.15) is 0 Å². The summed E-state index contributed by atoms with van der Waals surface area (Å²) in [5.74, 6) is 0. The highest BCUT2D eigenvalue weighted by molar-refractivity contribution is 5.85. The second-order valence-electron chi connectivity index (χ2n) is 15.4. The number of anilines is 6. The Kier molecular flexibility index (Phi) is 10.8. The van der Waals surface area contributed by atoms with E-state index < -0.39 is 0 Å². The highest BCUT2D eigenvalue weighted by Crippen LogP contribution is 2.40. The van der Waals surface area contributed by atoms with Gasteiger partial charge in [0, 0.05) is 34.1 Å². The zero-order valence-electron chi connectivity index (χ0n) is 34.3. The normalized spacial score (nSPS) is 10.9. The second kappa shape index (κ2) is 17.6. The second-order valence-corrected chi connectivity index (χ2v) is 15.4. The molecule has 2 heteroatoms. The molecular formula is C60H44N2. The van der Waals surface area contributed by atoms with E-state index in [2.05, 4.69) is 277 Å². The van der Waals surface area contributed by atoms with Gasteiger partial charge in [-0.05, 0) is 141 Å². The molecular weight excluding hydrogens is 749 g/mol. The third-order valence-corrected chi connectivity index (χ3v) is 11.4. The van der Waals surface area contributed by atoms with Crippen LogP contribution in [0.2, 0.25) is 0 Å². The number of nitrogens with zero attached hydrogens (tertiary/aromatic N) is 2. The predicted molar refractivity (Wildman–Crippen MR) is 263 cm³/mol. The van der Waals surface area contributed by atoms with Crippen LogP contribution >= 0.6 is 0 Å². The van der Waals surface area contributed by atoms with Gasteiger partial charge >= 0.3 is 0 Å². The van der Waals surface area contributed by atoms with Gasteiger partial charge in [0.2, 0.25) is 0 Å². The summed E-state index contributed by atoms with van der Waals surface area (Å²) in [7, 11) is 0. The predicted octanol–water partition coefficient (Wildman–Crippen LogP) is 17.0. The van der Waals surface area contributed by atoms with E-state index in [1.807, 2.05) is 0 Å². The fraction of sp³-hybridized carbons (Fsp3) is 0. The van der Waals surface area contributed by atoms with Crippen molar-refractivity contribution in [2.75, 3.05) is 9.80 Å². The molecule has 0 aliphatic heterocycles. The summed E-state index contributed by atoms with van der Waals surface area (Å²) in [6.45, 7) is 0. The molecule has 0 atom stereocenters. The molecule has 0 aliphatic carbocycles. The largest absolute Gasteiger partial charge is 0.310 e. The Morgan fingerprint density at radius 3 is 0.710 bits per heavy atom. The third kappa shape index (κ3) is 8.18. The molecule has 0 N–H and O–H groups in total. The van der Waals surface area contributed by atoms with Crippen molar-refractivity contribution in [2.24, 2.45) is 0 Å². The Balaban J connectivity index is 0.953. The molecule has 0 aromatic heterocycles. The molecule has 0 aliphatic rings. The van der Waals surface area contributed by atoms with Crippen LogP contribution in [-0.4, -0.2) is 0 Å². The average Bonchev–Trinajstić information content (AvgIpc) is 3.36. The molecule has 0 amide bonds. The SMILES string of the molecule is c1ccc(-c2ccc(N(c3ccccc3)c3cccc(-c4cccc(-c5cccc(-c6cccc(N(c7ccccc7)c7ccc(-c8ccccc8)cc7)c6)c5)c4)c3)cc2)cc1. The minimum absolute atomic E-state index is 1.10. The van der Waals surface area contributed by atoms with Crippen molar-refractivity contribution in [3.8, 4) is 55.6 Å². The zero-order valence-corrected chi connectivity index (χ0v) is 34.3. The van der Waals surface area contributed by atoms with Crippen molar-refractivity contribution in [1.29, 1.82) is 0 Å². The number of rotatable bonds is 11. The quantitative estimate of drug-likeness (QED) is 0.129. The molecule has 10 aromatic carbocycles. The lowest BCUT2D eigenvalue weighted by Crippen LogP contribution is -2.09. The molecule has 0 heterocycles. The number of para-hydroxylation sites is 2. The molecule has 0 radical (unpaired) electrons. The van der Waals surface area contributed by atoms with Crippen molar-refractivity contribution in [3.05, 3.63) is 267 Å². The van der Waals surface area contributed by atoms with Crippen LogP contribution < -0.4 is 9.80 Å². The van der Waals surface area contributed by atoms with E-state index in [1.54, 1.807) is 0 Å². The fourth-order valence-corrected chi connectivity index (χ4v) is 8.32. The summed E-state index contributed by atoms with van der Waals surface area (Å²) >= 11 is 0. The van der Waals surface area contributed by atoms with E-state index in [4.69, 9.17) is 0 Å². The van der Waals surface area contributed by atoms with Crippen LogP contribution in [-0.2, 0) is 0 Å². The zero-order chi connectivity index (χ0) is 41.5. The van der Waals surface area contributed by atoms with Crippen molar-refractivity contribution in [1.82, 2.24) is 0 Å². The molecule has 0 saturated carbocycles. The first-order valence-electron chi connectivity index (χ1n) is 21.2.